The third kappa shape index (κ3) is 4.71. The van der Waals surface area contributed by atoms with Crippen LogP contribution in [-0.2, 0) is 11.2 Å². The number of hydrogen-bond acceptors (Lipinski definition) is 6. The first-order valence-corrected chi connectivity index (χ1v) is 11.4. The molecule has 1 aromatic carbocycles. The van der Waals surface area contributed by atoms with E-state index in [1.54, 1.807) is 35.2 Å². The molecule has 8 nitrogen and oxygen atoms in total. The number of hydrogen-bond donors (Lipinski definition) is 1. The molecule has 172 valence electrons. The van der Waals surface area contributed by atoms with E-state index in [4.69, 9.17) is 0 Å². The number of likely N-dealkylation sites (N-methyl/N-ethyl adjacent to an activating group) is 1. The quantitative estimate of drug-likeness (QED) is 0.451. The lowest BCUT2D eigenvalue weighted by Crippen LogP contribution is -2.33. The molecule has 0 radical (unpaired) electrons. The highest BCUT2D eigenvalue weighted by molar-refractivity contribution is 7.15. The lowest BCUT2D eigenvalue weighted by molar-refractivity contribution is -0.120. The van der Waals surface area contributed by atoms with E-state index < -0.39 is 0 Å². The molecule has 0 bridgehead atoms. The van der Waals surface area contributed by atoms with E-state index in [1.807, 2.05) is 25.9 Å². The fourth-order valence-electron chi connectivity index (χ4n) is 3.64. The van der Waals surface area contributed by atoms with Crippen molar-refractivity contribution >= 4 is 22.2 Å². The van der Waals surface area contributed by atoms with Crippen molar-refractivity contribution in [1.29, 1.82) is 0 Å². The summed E-state index contributed by atoms with van der Waals surface area (Å²) in [4.78, 5) is 33.0. The maximum Gasteiger partial charge on any atom is 0.268 e. The second kappa shape index (κ2) is 9.24. The summed E-state index contributed by atoms with van der Waals surface area (Å²) in [7, 11) is 3.87. The number of benzene rings is 1. The lowest BCUT2D eigenvalue weighted by Gasteiger charge is -2.10. The first-order valence-electron chi connectivity index (χ1n) is 10.5. The number of amides is 1. The van der Waals surface area contributed by atoms with Crippen LogP contribution < -0.4 is 10.9 Å². The molecule has 3 aromatic heterocycles. The van der Waals surface area contributed by atoms with Crippen molar-refractivity contribution < 1.29 is 9.18 Å². The van der Waals surface area contributed by atoms with E-state index in [0.29, 0.717) is 39.8 Å². The number of fused-ring (bicyclic) bond motifs is 1. The van der Waals surface area contributed by atoms with Gasteiger partial charge in [0.05, 0.1) is 23.4 Å². The SMILES string of the molecule is Cc1nc2scc(CC(=O)NCCN(C)C)n2c(=O)c1-c1cc(C)n(-c2cccc(F)c2)n1. The molecular formula is C23H25FN6O2S. The van der Waals surface area contributed by atoms with Gasteiger partial charge in [-0.25, -0.2) is 14.1 Å². The Balaban J connectivity index is 1.71. The summed E-state index contributed by atoms with van der Waals surface area (Å²) in [5.74, 6) is -0.521. The normalized spacial score (nSPS) is 11.5. The molecule has 0 aliphatic heterocycles. The van der Waals surface area contributed by atoms with E-state index in [-0.39, 0.29) is 23.7 Å². The number of carbonyl (C=O) groups is 1. The molecule has 1 amide bonds. The average molecular weight is 469 g/mol. The predicted octanol–water partition coefficient (Wildman–Crippen LogP) is 2.58. The number of aromatic nitrogens is 4. The molecule has 1 N–H and O–H groups in total. The molecule has 0 unspecified atom stereocenters. The second-order valence-electron chi connectivity index (χ2n) is 8.12. The van der Waals surface area contributed by atoms with Gasteiger partial charge in [-0.05, 0) is 52.2 Å². The summed E-state index contributed by atoms with van der Waals surface area (Å²) in [5.41, 5.74) is 2.98. The van der Waals surface area contributed by atoms with E-state index >= 15 is 0 Å². The first-order chi connectivity index (χ1) is 15.7. The van der Waals surface area contributed by atoms with Crippen molar-refractivity contribution in [2.24, 2.45) is 0 Å². The summed E-state index contributed by atoms with van der Waals surface area (Å²) < 4.78 is 16.8. The van der Waals surface area contributed by atoms with Crippen LogP contribution in [0.5, 0.6) is 0 Å². The molecule has 0 aliphatic carbocycles. The minimum Gasteiger partial charge on any atom is -0.354 e. The van der Waals surface area contributed by atoms with Gasteiger partial charge >= 0.3 is 0 Å². The third-order valence-corrected chi connectivity index (χ3v) is 6.11. The van der Waals surface area contributed by atoms with Crippen LogP contribution in [-0.4, -0.2) is 57.2 Å². The Morgan fingerprint density at radius 2 is 2.03 bits per heavy atom. The van der Waals surface area contributed by atoms with Gasteiger partial charge in [-0.2, -0.15) is 5.10 Å². The number of nitrogens with zero attached hydrogens (tertiary/aromatic N) is 5. The lowest BCUT2D eigenvalue weighted by atomic mass is 10.1. The van der Waals surface area contributed by atoms with Gasteiger partial charge < -0.3 is 10.2 Å². The smallest absolute Gasteiger partial charge is 0.268 e. The van der Waals surface area contributed by atoms with Crippen LogP contribution in [0.4, 0.5) is 4.39 Å². The Hall–Kier alpha value is -3.37. The summed E-state index contributed by atoms with van der Waals surface area (Å²) >= 11 is 1.32. The zero-order valence-corrected chi connectivity index (χ0v) is 19.7. The fraction of sp³-hybridized carbons (Fsp3) is 0.304. The molecule has 0 aliphatic rings. The topological polar surface area (TPSA) is 84.5 Å². The maximum absolute atomic E-state index is 13.7. The zero-order valence-electron chi connectivity index (χ0n) is 18.9. The number of nitrogens with one attached hydrogen (secondary N) is 1. The van der Waals surface area contributed by atoms with Crippen molar-refractivity contribution in [2.45, 2.75) is 20.3 Å². The van der Waals surface area contributed by atoms with Crippen LogP contribution in [0.3, 0.4) is 0 Å². The van der Waals surface area contributed by atoms with Gasteiger partial charge in [0.25, 0.3) is 5.56 Å². The minimum atomic E-state index is -0.366. The van der Waals surface area contributed by atoms with Gasteiger partial charge in [-0.1, -0.05) is 6.07 Å². The zero-order chi connectivity index (χ0) is 23.7. The Labute approximate surface area is 194 Å². The number of aryl methyl sites for hydroxylation is 2. The Morgan fingerprint density at radius 3 is 2.76 bits per heavy atom. The van der Waals surface area contributed by atoms with Crippen LogP contribution >= 0.6 is 11.3 Å². The molecule has 3 heterocycles. The molecule has 0 atom stereocenters. The summed E-state index contributed by atoms with van der Waals surface area (Å²) in [6.45, 7) is 4.87. The molecule has 4 rings (SSSR count). The first kappa shape index (κ1) is 22.8. The van der Waals surface area contributed by atoms with E-state index in [1.165, 1.54) is 27.9 Å². The Kier molecular flexibility index (Phi) is 6.39. The standard InChI is InChI=1S/C23H25FN6O2S/c1-14-10-19(27-30(14)17-7-5-6-16(24)11-17)21-15(2)26-23-29(22(21)32)18(13-33-23)12-20(31)25-8-9-28(3)4/h5-7,10-11,13H,8-9,12H2,1-4H3,(H,25,31). The van der Waals surface area contributed by atoms with Crippen LogP contribution in [0.25, 0.3) is 21.9 Å². The summed E-state index contributed by atoms with van der Waals surface area (Å²) in [6.07, 6.45) is 0.0777. The highest BCUT2D eigenvalue weighted by atomic mass is 32.1. The van der Waals surface area contributed by atoms with Gasteiger partial charge in [-0.15, -0.1) is 11.3 Å². The Bertz CT molecular complexity index is 1390. The Morgan fingerprint density at radius 1 is 1.24 bits per heavy atom. The minimum absolute atomic E-state index is 0.0777. The van der Waals surface area contributed by atoms with Crippen molar-refractivity contribution in [2.75, 3.05) is 27.2 Å². The molecule has 0 fully saturated rings. The molecule has 0 saturated heterocycles. The average Bonchev–Trinajstić information content (AvgIpc) is 3.31. The highest BCUT2D eigenvalue weighted by Crippen LogP contribution is 2.23. The number of carbonyl (C=O) groups excluding carboxylic acids is 1. The number of thiazole rings is 1. The third-order valence-electron chi connectivity index (χ3n) is 5.24. The van der Waals surface area contributed by atoms with Crippen molar-refractivity contribution in [3.8, 4) is 16.9 Å². The van der Waals surface area contributed by atoms with Crippen LogP contribution in [0, 0.1) is 19.7 Å². The maximum atomic E-state index is 13.7. The molecule has 0 spiro atoms. The second-order valence-corrected chi connectivity index (χ2v) is 8.95. The predicted molar refractivity (Wildman–Crippen MR) is 127 cm³/mol. The van der Waals surface area contributed by atoms with E-state index in [2.05, 4.69) is 15.4 Å². The van der Waals surface area contributed by atoms with Crippen LogP contribution in [0.15, 0.2) is 40.5 Å². The molecule has 33 heavy (non-hydrogen) atoms. The van der Waals surface area contributed by atoms with Gasteiger partial charge in [-0.3, -0.25) is 14.0 Å². The highest BCUT2D eigenvalue weighted by Gasteiger charge is 2.20. The molecule has 4 aromatic rings. The summed E-state index contributed by atoms with van der Waals surface area (Å²) in [6, 6.07) is 7.90. The van der Waals surface area contributed by atoms with Crippen LogP contribution in [0.1, 0.15) is 17.1 Å². The van der Waals surface area contributed by atoms with E-state index in [9.17, 15) is 14.0 Å². The monoisotopic (exact) mass is 468 g/mol. The van der Waals surface area contributed by atoms with Gasteiger partial charge in [0.2, 0.25) is 5.91 Å². The summed E-state index contributed by atoms with van der Waals surface area (Å²) in [5, 5.41) is 9.22. The fourth-order valence-corrected chi connectivity index (χ4v) is 4.56. The van der Waals surface area contributed by atoms with Gasteiger partial charge in [0, 0.05) is 29.9 Å². The number of rotatable bonds is 7. The van der Waals surface area contributed by atoms with Gasteiger partial charge in [0.15, 0.2) is 4.96 Å². The largest absolute Gasteiger partial charge is 0.354 e. The van der Waals surface area contributed by atoms with Crippen LogP contribution in [0.2, 0.25) is 0 Å². The number of halogens is 1. The van der Waals surface area contributed by atoms with E-state index in [0.717, 1.165) is 12.2 Å². The van der Waals surface area contributed by atoms with Crippen molar-refractivity contribution in [1.82, 2.24) is 29.4 Å². The molecular weight excluding hydrogens is 443 g/mol. The molecule has 0 saturated carbocycles. The molecule has 10 heteroatoms. The van der Waals surface area contributed by atoms with Gasteiger partial charge in [0.1, 0.15) is 11.5 Å². The van der Waals surface area contributed by atoms with Crippen molar-refractivity contribution in [3.63, 3.8) is 0 Å². The van der Waals surface area contributed by atoms with Crippen molar-refractivity contribution in [3.05, 3.63) is 69.0 Å².